The molecule has 0 atom stereocenters. The van der Waals surface area contributed by atoms with E-state index in [2.05, 4.69) is 9.97 Å². The molecule has 0 bridgehead atoms. The number of carboxylic acid groups (broad SMARTS) is 1. The van der Waals surface area contributed by atoms with Crippen molar-refractivity contribution >= 4 is 11.9 Å². The smallest absolute Gasteiger partial charge is 0.337 e. The minimum Gasteiger partial charge on any atom is -0.478 e. The van der Waals surface area contributed by atoms with Gasteiger partial charge < -0.3 is 10.0 Å². The summed E-state index contributed by atoms with van der Waals surface area (Å²) < 4.78 is 0. The van der Waals surface area contributed by atoms with Crippen LogP contribution in [0.2, 0.25) is 0 Å². The first kappa shape index (κ1) is 19.3. The third kappa shape index (κ3) is 5.79. The van der Waals surface area contributed by atoms with Crippen LogP contribution in [0.1, 0.15) is 46.0 Å². The Balaban J connectivity index is 0.000000254. The molecule has 0 aromatic carbocycles. The van der Waals surface area contributed by atoms with E-state index in [1.807, 2.05) is 39.8 Å². The molecular weight excluding hydrogens is 306 g/mol. The molecule has 0 radical (unpaired) electrons. The summed E-state index contributed by atoms with van der Waals surface area (Å²) in [5, 5.41) is 8.44. The predicted octanol–water partition coefficient (Wildman–Crippen LogP) is 2.96. The Labute approximate surface area is 142 Å². The van der Waals surface area contributed by atoms with Crippen molar-refractivity contribution in [3.8, 4) is 0 Å². The molecule has 0 saturated carbocycles. The summed E-state index contributed by atoms with van der Waals surface area (Å²) in [6.45, 7) is 9.15. The molecule has 6 heteroatoms. The third-order valence-electron chi connectivity index (χ3n) is 3.37. The highest BCUT2D eigenvalue weighted by atomic mass is 16.4. The normalized spacial score (nSPS) is 9.67. The fraction of sp³-hybridized carbons (Fsp3) is 0.333. The Morgan fingerprint density at radius 1 is 0.917 bits per heavy atom. The van der Waals surface area contributed by atoms with Crippen LogP contribution in [0.15, 0.2) is 36.7 Å². The van der Waals surface area contributed by atoms with Crippen LogP contribution in [0.4, 0.5) is 0 Å². The number of aryl methyl sites for hydroxylation is 2. The molecule has 0 saturated heterocycles. The first-order valence-electron chi connectivity index (χ1n) is 7.76. The van der Waals surface area contributed by atoms with Crippen molar-refractivity contribution in [3.05, 3.63) is 59.2 Å². The summed E-state index contributed by atoms with van der Waals surface area (Å²) in [7, 11) is 0. The van der Waals surface area contributed by atoms with Crippen molar-refractivity contribution in [3.63, 3.8) is 0 Å². The SMILES string of the molecule is CCN(CC)C(=O)c1ccc(C)nc1.Cc1ccc(C(=O)O)cn1. The van der Waals surface area contributed by atoms with Crippen molar-refractivity contribution in [2.45, 2.75) is 27.7 Å². The van der Waals surface area contributed by atoms with Crippen LogP contribution >= 0.6 is 0 Å². The summed E-state index contributed by atoms with van der Waals surface area (Å²) in [4.78, 5) is 31.8. The minimum absolute atomic E-state index is 0.0579. The number of aromatic carboxylic acids is 1. The Morgan fingerprint density at radius 2 is 1.38 bits per heavy atom. The molecule has 0 spiro atoms. The molecule has 0 unspecified atom stereocenters. The lowest BCUT2D eigenvalue weighted by Crippen LogP contribution is -2.30. The number of pyridine rings is 2. The number of amides is 1. The summed E-state index contributed by atoms with van der Waals surface area (Å²) in [6, 6.07) is 6.88. The van der Waals surface area contributed by atoms with E-state index in [4.69, 9.17) is 5.11 Å². The molecular formula is C18H23N3O3. The van der Waals surface area contributed by atoms with Gasteiger partial charge in [-0.15, -0.1) is 0 Å². The zero-order valence-electron chi connectivity index (χ0n) is 14.5. The molecule has 0 fully saturated rings. The van der Waals surface area contributed by atoms with E-state index in [9.17, 15) is 9.59 Å². The first-order chi connectivity index (χ1) is 11.4. The molecule has 1 N–H and O–H groups in total. The number of carboxylic acids is 1. The predicted molar refractivity (Wildman–Crippen MR) is 92.2 cm³/mol. The van der Waals surface area contributed by atoms with Gasteiger partial charge >= 0.3 is 5.97 Å². The number of carbonyl (C=O) groups excluding carboxylic acids is 1. The molecule has 2 rings (SSSR count). The van der Waals surface area contributed by atoms with Crippen LogP contribution in [-0.4, -0.2) is 44.9 Å². The maximum absolute atomic E-state index is 11.8. The van der Waals surface area contributed by atoms with Gasteiger partial charge in [0.15, 0.2) is 0 Å². The first-order valence-corrected chi connectivity index (χ1v) is 7.76. The van der Waals surface area contributed by atoms with E-state index in [0.717, 1.165) is 24.5 Å². The number of nitrogens with zero attached hydrogens (tertiary/aromatic N) is 3. The van der Waals surface area contributed by atoms with E-state index in [1.165, 1.54) is 12.3 Å². The van der Waals surface area contributed by atoms with Gasteiger partial charge in [0.2, 0.25) is 0 Å². The van der Waals surface area contributed by atoms with Gasteiger partial charge in [0.25, 0.3) is 5.91 Å². The molecule has 0 aliphatic carbocycles. The van der Waals surface area contributed by atoms with Crippen molar-refractivity contribution in [1.29, 1.82) is 0 Å². The van der Waals surface area contributed by atoms with Gasteiger partial charge in [0, 0.05) is 36.9 Å². The van der Waals surface area contributed by atoms with E-state index < -0.39 is 5.97 Å². The van der Waals surface area contributed by atoms with E-state index in [0.29, 0.717) is 5.56 Å². The van der Waals surface area contributed by atoms with Gasteiger partial charge in [-0.2, -0.15) is 0 Å². The summed E-state index contributed by atoms with van der Waals surface area (Å²) >= 11 is 0. The molecule has 24 heavy (non-hydrogen) atoms. The number of carbonyl (C=O) groups is 2. The number of rotatable bonds is 4. The lowest BCUT2D eigenvalue weighted by molar-refractivity contribution is 0.0695. The fourth-order valence-electron chi connectivity index (χ4n) is 1.88. The van der Waals surface area contributed by atoms with Gasteiger partial charge in [-0.05, 0) is 52.0 Å². The Morgan fingerprint density at radius 3 is 1.71 bits per heavy atom. The summed E-state index contributed by atoms with van der Waals surface area (Å²) in [5.74, 6) is -0.880. The van der Waals surface area contributed by atoms with Crippen LogP contribution in [-0.2, 0) is 0 Å². The molecule has 2 heterocycles. The standard InChI is InChI=1S/C11H16N2O.C7H7NO2/c1-4-13(5-2)11(14)10-7-6-9(3)12-8-10;1-5-2-3-6(4-8-5)7(9)10/h6-8H,4-5H2,1-3H3;2-4H,1H3,(H,9,10). The maximum Gasteiger partial charge on any atom is 0.337 e. The lowest BCUT2D eigenvalue weighted by Gasteiger charge is -2.18. The minimum atomic E-state index is -0.937. The fourth-order valence-corrected chi connectivity index (χ4v) is 1.88. The second kappa shape index (κ2) is 9.39. The molecule has 128 valence electrons. The zero-order chi connectivity index (χ0) is 18.1. The number of hydrogen-bond donors (Lipinski definition) is 1. The van der Waals surface area contributed by atoms with E-state index >= 15 is 0 Å². The van der Waals surface area contributed by atoms with Crippen molar-refractivity contribution < 1.29 is 14.7 Å². The van der Waals surface area contributed by atoms with E-state index in [-0.39, 0.29) is 11.5 Å². The Hall–Kier alpha value is -2.76. The van der Waals surface area contributed by atoms with Crippen LogP contribution in [0, 0.1) is 13.8 Å². The molecule has 0 aliphatic rings. The highest BCUT2D eigenvalue weighted by molar-refractivity contribution is 5.93. The van der Waals surface area contributed by atoms with Crippen molar-refractivity contribution in [2.24, 2.45) is 0 Å². The maximum atomic E-state index is 11.8. The van der Waals surface area contributed by atoms with Gasteiger partial charge in [-0.25, -0.2) is 4.79 Å². The Kier molecular flexibility index (Phi) is 7.55. The average molecular weight is 329 g/mol. The highest BCUT2D eigenvalue weighted by Gasteiger charge is 2.11. The van der Waals surface area contributed by atoms with Gasteiger partial charge in [-0.3, -0.25) is 14.8 Å². The van der Waals surface area contributed by atoms with Gasteiger partial charge in [-0.1, -0.05) is 0 Å². The second-order valence-electron chi connectivity index (χ2n) is 5.16. The average Bonchev–Trinajstić information content (AvgIpc) is 2.57. The topological polar surface area (TPSA) is 83.4 Å². The van der Waals surface area contributed by atoms with E-state index in [1.54, 1.807) is 17.2 Å². The number of hydrogen-bond acceptors (Lipinski definition) is 4. The van der Waals surface area contributed by atoms with Crippen molar-refractivity contribution in [1.82, 2.24) is 14.9 Å². The number of aromatic nitrogens is 2. The molecule has 6 nitrogen and oxygen atoms in total. The lowest BCUT2D eigenvalue weighted by atomic mass is 10.2. The molecule has 2 aromatic rings. The summed E-state index contributed by atoms with van der Waals surface area (Å²) in [6.07, 6.45) is 2.98. The highest BCUT2D eigenvalue weighted by Crippen LogP contribution is 2.04. The molecule has 1 amide bonds. The largest absolute Gasteiger partial charge is 0.478 e. The Bertz CT molecular complexity index is 663. The van der Waals surface area contributed by atoms with Gasteiger partial charge in [0.05, 0.1) is 11.1 Å². The molecule has 0 aliphatic heterocycles. The quantitative estimate of drug-likeness (QED) is 0.932. The summed E-state index contributed by atoms with van der Waals surface area (Å²) in [5.41, 5.74) is 2.65. The van der Waals surface area contributed by atoms with Crippen LogP contribution in [0.25, 0.3) is 0 Å². The second-order valence-corrected chi connectivity index (χ2v) is 5.16. The van der Waals surface area contributed by atoms with Crippen LogP contribution < -0.4 is 0 Å². The third-order valence-corrected chi connectivity index (χ3v) is 3.37. The van der Waals surface area contributed by atoms with Crippen LogP contribution in [0.3, 0.4) is 0 Å². The monoisotopic (exact) mass is 329 g/mol. The van der Waals surface area contributed by atoms with Crippen LogP contribution in [0.5, 0.6) is 0 Å². The van der Waals surface area contributed by atoms with Gasteiger partial charge in [0.1, 0.15) is 0 Å². The zero-order valence-corrected chi connectivity index (χ0v) is 14.5. The molecule has 2 aromatic heterocycles. The van der Waals surface area contributed by atoms with Crippen molar-refractivity contribution in [2.75, 3.05) is 13.1 Å².